The van der Waals surface area contributed by atoms with Crippen LogP contribution in [0.1, 0.15) is 16.7 Å². The summed E-state index contributed by atoms with van der Waals surface area (Å²) in [6.45, 7) is 12.7. The lowest BCUT2D eigenvalue weighted by Crippen LogP contribution is -2.26. The SMILES string of the molecule is C=C(O[Si](C)(C)C)c1cc2cc3c(cc2cc1N(Cc1ccccc1)Cc1ccccc1)OCO3. The maximum atomic E-state index is 6.42. The fraction of sp³-hybridized carbons (Fsp3) is 0.200. The Labute approximate surface area is 208 Å². The predicted octanol–water partition coefficient (Wildman–Crippen LogP) is 7.60. The van der Waals surface area contributed by atoms with E-state index in [1.165, 1.54) is 11.1 Å². The first kappa shape index (κ1) is 23.1. The van der Waals surface area contributed by atoms with Gasteiger partial charge in [0.2, 0.25) is 15.1 Å². The van der Waals surface area contributed by atoms with Crippen LogP contribution in [-0.4, -0.2) is 15.1 Å². The smallest absolute Gasteiger partial charge is 0.242 e. The summed E-state index contributed by atoms with van der Waals surface area (Å²) >= 11 is 0. The monoisotopic (exact) mass is 481 g/mol. The van der Waals surface area contributed by atoms with Crippen molar-refractivity contribution >= 4 is 30.5 Å². The van der Waals surface area contributed by atoms with Crippen molar-refractivity contribution in [2.24, 2.45) is 0 Å². The molecule has 0 aliphatic carbocycles. The quantitative estimate of drug-likeness (QED) is 0.192. The second kappa shape index (κ2) is 9.51. The zero-order valence-corrected chi connectivity index (χ0v) is 21.6. The van der Waals surface area contributed by atoms with Crippen LogP contribution in [0, 0.1) is 0 Å². The average molecular weight is 482 g/mol. The molecule has 0 aromatic heterocycles. The number of anilines is 1. The highest BCUT2D eigenvalue weighted by Crippen LogP contribution is 2.41. The summed E-state index contributed by atoms with van der Waals surface area (Å²) in [5.41, 5.74) is 4.59. The van der Waals surface area contributed by atoms with E-state index >= 15 is 0 Å². The molecule has 0 saturated carbocycles. The Morgan fingerprint density at radius 1 is 0.800 bits per heavy atom. The molecule has 0 radical (unpaired) electrons. The van der Waals surface area contributed by atoms with E-state index < -0.39 is 8.32 Å². The third kappa shape index (κ3) is 5.36. The van der Waals surface area contributed by atoms with Gasteiger partial charge in [0, 0.05) is 24.3 Å². The highest BCUT2D eigenvalue weighted by molar-refractivity contribution is 6.70. The lowest BCUT2D eigenvalue weighted by Gasteiger charge is -2.30. The molecule has 1 aliphatic heterocycles. The van der Waals surface area contributed by atoms with Crippen molar-refractivity contribution < 1.29 is 13.9 Å². The lowest BCUT2D eigenvalue weighted by molar-refractivity contribution is 0.174. The van der Waals surface area contributed by atoms with Gasteiger partial charge in [-0.2, -0.15) is 0 Å². The van der Waals surface area contributed by atoms with Crippen LogP contribution in [-0.2, 0) is 17.5 Å². The second-order valence-corrected chi connectivity index (χ2v) is 14.3. The largest absolute Gasteiger partial charge is 0.544 e. The van der Waals surface area contributed by atoms with Gasteiger partial charge in [0.15, 0.2) is 11.5 Å². The molecule has 0 N–H and O–H groups in total. The van der Waals surface area contributed by atoms with E-state index in [2.05, 4.69) is 110 Å². The van der Waals surface area contributed by atoms with Gasteiger partial charge in [0.05, 0.1) is 0 Å². The van der Waals surface area contributed by atoms with Crippen LogP contribution in [0.15, 0.2) is 91.5 Å². The van der Waals surface area contributed by atoms with Crippen molar-refractivity contribution in [1.82, 2.24) is 0 Å². The zero-order valence-electron chi connectivity index (χ0n) is 20.6. The topological polar surface area (TPSA) is 30.9 Å². The Bertz CT molecular complexity index is 1310. The van der Waals surface area contributed by atoms with Crippen molar-refractivity contribution in [2.45, 2.75) is 32.7 Å². The molecule has 0 unspecified atom stereocenters. The van der Waals surface area contributed by atoms with Crippen LogP contribution in [0.25, 0.3) is 16.5 Å². The van der Waals surface area contributed by atoms with Gasteiger partial charge in [-0.15, -0.1) is 0 Å². The van der Waals surface area contributed by atoms with Gasteiger partial charge in [-0.05, 0) is 65.8 Å². The number of ether oxygens (including phenoxy) is 2. The van der Waals surface area contributed by atoms with Crippen molar-refractivity contribution in [2.75, 3.05) is 11.7 Å². The Kier molecular flexibility index (Phi) is 6.26. The zero-order chi connectivity index (χ0) is 24.4. The van der Waals surface area contributed by atoms with E-state index in [-0.39, 0.29) is 6.79 Å². The van der Waals surface area contributed by atoms with Crippen molar-refractivity contribution in [1.29, 1.82) is 0 Å². The van der Waals surface area contributed by atoms with E-state index in [0.29, 0.717) is 5.76 Å². The first-order valence-electron chi connectivity index (χ1n) is 11.9. The van der Waals surface area contributed by atoms with Gasteiger partial charge in [-0.3, -0.25) is 0 Å². The molecule has 0 saturated heterocycles. The standard InChI is InChI=1S/C30H31NO3Si/c1-22(34-35(2,3)4)27-15-25-17-29-30(33-21-32-29)18-26(25)16-28(27)31(19-23-11-7-5-8-12-23)20-24-13-9-6-10-14-24/h5-18H,1,19-21H2,2-4H3. The first-order valence-corrected chi connectivity index (χ1v) is 15.3. The highest BCUT2D eigenvalue weighted by atomic mass is 28.4. The highest BCUT2D eigenvalue weighted by Gasteiger charge is 2.23. The van der Waals surface area contributed by atoms with Crippen LogP contribution in [0.2, 0.25) is 19.6 Å². The van der Waals surface area contributed by atoms with E-state index in [1.807, 2.05) is 6.07 Å². The van der Waals surface area contributed by atoms with Crippen LogP contribution in [0.3, 0.4) is 0 Å². The summed E-state index contributed by atoms with van der Waals surface area (Å²) in [6.07, 6.45) is 0. The van der Waals surface area contributed by atoms with Crippen molar-refractivity contribution in [3.63, 3.8) is 0 Å². The molecule has 1 aliphatic rings. The van der Waals surface area contributed by atoms with Gasteiger partial charge in [-0.25, -0.2) is 0 Å². The average Bonchev–Trinajstić information content (AvgIpc) is 3.29. The minimum atomic E-state index is -1.86. The number of hydrogen-bond donors (Lipinski definition) is 0. The predicted molar refractivity (Wildman–Crippen MR) is 146 cm³/mol. The summed E-state index contributed by atoms with van der Waals surface area (Å²) < 4.78 is 17.7. The van der Waals surface area contributed by atoms with Gasteiger partial charge in [0.25, 0.3) is 0 Å². The molecule has 0 spiro atoms. The second-order valence-electron chi connectivity index (χ2n) is 9.89. The summed E-state index contributed by atoms with van der Waals surface area (Å²) in [7, 11) is -1.86. The molecule has 4 aromatic rings. The lowest BCUT2D eigenvalue weighted by atomic mass is 10.0. The van der Waals surface area contributed by atoms with Crippen LogP contribution in [0.5, 0.6) is 11.5 Å². The fourth-order valence-corrected chi connectivity index (χ4v) is 5.27. The molecular formula is C30H31NO3Si. The summed E-state index contributed by atoms with van der Waals surface area (Å²) in [5, 5.41) is 2.17. The third-order valence-electron chi connectivity index (χ3n) is 5.95. The van der Waals surface area contributed by atoms with Crippen molar-refractivity contribution in [3.8, 4) is 11.5 Å². The van der Waals surface area contributed by atoms with E-state index in [9.17, 15) is 0 Å². The Balaban J connectivity index is 1.65. The van der Waals surface area contributed by atoms with Crippen LogP contribution >= 0.6 is 0 Å². The number of hydrogen-bond acceptors (Lipinski definition) is 4. The first-order chi connectivity index (χ1) is 16.9. The minimum Gasteiger partial charge on any atom is -0.544 e. The van der Waals surface area contributed by atoms with Crippen LogP contribution in [0.4, 0.5) is 5.69 Å². The number of nitrogens with zero attached hydrogens (tertiary/aromatic N) is 1. The van der Waals surface area contributed by atoms with Gasteiger partial charge < -0.3 is 18.8 Å². The van der Waals surface area contributed by atoms with Gasteiger partial charge in [0.1, 0.15) is 5.76 Å². The molecule has 5 heteroatoms. The third-order valence-corrected chi connectivity index (χ3v) is 6.81. The molecule has 0 atom stereocenters. The maximum Gasteiger partial charge on any atom is 0.242 e. The van der Waals surface area contributed by atoms with Crippen LogP contribution < -0.4 is 14.4 Å². The molecule has 4 nitrogen and oxygen atoms in total. The van der Waals surface area contributed by atoms with Crippen molar-refractivity contribution in [3.05, 3.63) is 108 Å². The maximum absolute atomic E-state index is 6.42. The Morgan fingerprint density at radius 3 is 1.83 bits per heavy atom. The number of benzene rings is 4. The number of fused-ring (bicyclic) bond motifs is 2. The molecule has 178 valence electrons. The molecule has 0 amide bonds. The summed E-state index contributed by atoms with van der Waals surface area (Å²) in [4.78, 5) is 2.41. The normalized spacial score (nSPS) is 12.5. The molecule has 5 rings (SSSR count). The summed E-state index contributed by atoms with van der Waals surface area (Å²) in [6, 6.07) is 29.7. The molecule has 1 heterocycles. The molecule has 4 aromatic carbocycles. The number of rotatable bonds is 8. The Hall–Kier alpha value is -3.70. The van der Waals surface area contributed by atoms with Gasteiger partial charge in [-0.1, -0.05) is 67.2 Å². The van der Waals surface area contributed by atoms with Gasteiger partial charge >= 0.3 is 0 Å². The molecule has 0 bridgehead atoms. The van der Waals surface area contributed by atoms with E-state index in [1.54, 1.807) is 0 Å². The molecular weight excluding hydrogens is 450 g/mol. The molecule has 0 fully saturated rings. The fourth-order valence-electron chi connectivity index (χ4n) is 4.42. The Morgan fingerprint density at radius 2 is 1.31 bits per heavy atom. The molecule has 35 heavy (non-hydrogen) atoms. The van der Waals surface area contributed by atoms with E-state index in [0.717, 1.165) is 46.6 Å². The minimum absolute atomic E-state index is 0.255. The van der Waals surface area contributed by atoms with E-state index in [4.69, 9.17) is 13.9 Å². The summed E-state index contributed by atoms with van der Waals surface area (Å²) in [5.74, 6) is 2.27.